The van der Waals surface area contributed by atoms with Crippen LogP contribution in [-0.2, 0) is 0 Å². The molecular formula is C16H12ClN5OS. The van der Waals surface area contributed by atoms with Gasteiger partial charge in [-0.05, 0) is 24.3 Å². The summed E-state index contributed by atoms with van der Waals surface area (Å²) < 4.78 is 0. The third-order valence-corrected chi connectivity index (χ3v) is 4.21. The molecule has 1 amide bonds. The van der Waals surface area contributed by atoms with Crippen molar-refractivity contribution in [3.8, 4) is 0 Å². The summed E-state index contributed by atoms with van der Waals surface area (Å²) in [5.41, 5.74) is 3.76. The number of carbonyl (C=O) groups excluding carboxylic acids is 1. The van der Waals surface area contributed by atoms with Gasteiger partial charge in [0.25, 0.3) is 5.91 Å². The van der Waals surface area contributed by atoms with Crippen LogP contribution in [0.2, 0.25) is 5.15 Å². The van der Waals surface area contributed by atoms with E-state index in [2.05, 4.69) is 25.8 Å². The Hall–Kier alpha value is -2.77. The van der Waals surface area contributed by atoms with Crippen LogP contribution in [0, 0.1) is 0 Å². The molecule has 1 aromatic carbocycles. The number of halogens is 1. The van der Waals surface area contributed by atoms with Crippen molar-refractivity contribution in [2.45, 2.75) is 0 Å². The van der Waals surface area contributed by atoms with Crippen molar-refractivity contribution in [3.63, 3.8) is 0 Å². The Balaban J connectivity index is 1.64. The standard InChI is InChI=1S/C16H12ClN5OS/c17-14-13(10-19-22-15(23)11-5-4-8-18-9-11)24-16(21-14)20-12-6-2-1-3-7-12/h1-10H,(H,20,21)(H,22,23). The molecule has 8 heteroatoms. The van der Waals surface area contributed by atoms with Crippen LogP contribution < -0.4 is 10.7 Å². The van der Waals surface area contributed by atoms with Crippen LogP contribution in [0.4, 0.5) is 10.8 Å². The second-order valence-corrected chi connectivity index (χ2v) is 5.99. The number of aromatic nitrogens is 2. The van der Waals surface area contributed by atoms with Gasteiger partial charge in [-0.25, -0.2) is 10.4 Å². The predicted molar refractivity (Wildman–Crippen MR) is 96.1 cm³/mol. The molecule has 0 atom stereocenters. The molecule has 2 heterocycles. The van der Waals surface area contributed by atoms with E-state index in [0.29, 0.717) is 20.7 Å². The van der Waals surface area contributed by atoms with E-state index in [1.807, 2.05) is 30.3 Å². The summed E-state index contributed by atoms with van der Waals surface area (Å²) in [5, 5.41) is 8.02. The van der Waals surface area contributed by atoms with Gasteiger partial charge in [-0.15, -0.1) is 0 Å². The predicted octanol–water partition coefficient (Wildman–Crippen LogP) is 3.70. The first-order valence-electron chi connectivity index (χ1n) is 6.94. The van der Waals surface area contributed by atoms with E-state index in [-0.39, 0.29) is 5.91 Å². The quantitative estimate of drug-likeness (QED) is 0.539. The molecule has 2 aromatic heterocycles. The fourth-order valence-corrected chi connectivity index (χ4v) is 2.85. The summed E-state index contributed by atoms with van der Waals surface area (Å²) in [6.07, 6.45) is 4.52. The third-order valence-electron chi connectivity index (χ3n) is 2.91. The van der Waals surface area contributed by atoms with Crippen LogP contribution in [0.1, 0.15) is 15.2 Å². The number of para-hydroxylation sites is 1. The van der Waals surface area contributed by atoms with Crippen LogP contribution in [0.15, 0.2) is 60.0 Å². The van der Waals surface area contributed by atoms with Crippen LogP contribution in [-0.4, -0.2) is 22.1 Å². The summed E-state index contributed by atoms with van der Waals surface area (Å²) in [5.74, 6) is -0.345. The van der Waals surface area contributed by atoms with Crippen LogP contribution in [0.5, 0.6) is 0 Å². The first kappa shape index (κ1) is 16.1. The Morgan fingerprint density at radius 3 is 2.79 bits per heavy atom. The Bertz CT molecular complexity index is 851. The Morgan fingerprint density at radius 1 is 1.21 bits per heavy atom. The first-order chi connectivity index (χ1) is 11.7. The maximum absolute atomic E-state index is 11.8. The number of nitrogens with zero attached hydrogens (tertiary/aromatic N) is 3. The number of amides is 1. The average Bonchev–Trinajstić information content (AvgIpc) is 2.96. The molecule has 6 nitrogen and oxygen atoms in total. The van der Waals surface area contributed by atoms with Gasteiger partial charge in [0.2, 0.25) is 0 Å². The average molecular weight is 358 g/mol. The Morgan fingerprint density at radius 2 is 2.04 bits per heavy atom. The van der Waals surface area contributed by atoms with Gasteiger partial charge in [0.05, 0.1) is 16.7 Å². The number of anilines is 2. The lowest BCUT2D eigenvalue weighted by atomic mass is 10.3. The highest BCUT2D eigenvalue weighted by molar-refractivity contribution is 7.17. The van der Waals surface area contributed by atoms with E-state index in [1.165, 1.54) is 23.7 Å². The number of rotatable bonds is 5. The third kappa shape index (κ3) is 4.15. The van der Waals surface area contributed by atoms with Crippen molar-refractivity contribution >= 4 is 45.9 Å². The number of hydrogen-bond donors (Lipinski definition) is 2. The molecule has 120 valence electrons. The minimum absolute atomic E-state index is 0.317. The minimum atomic E-state index is -0.345. The monoisotopic (exact) mass is 357 g/mol. The molecule has 0 saturated heterocycles. The smallest absolute Gasteiger partial charge is 0.272 e. The highest BCUT2D eigenvalue weighted by Crippen LogP contribution is 2.27. The molecule has 0 aliphatic rings. The van der Waals surface area contributed by atoms with E-state index in [1.54, 1.807) is 18.3 Å². The molecule has 0 spiro atoms. The number of nitrogens with one attached hydrogen (secondary N) is 2. The van der Waals surface area contributed by atoms with Crippen molar-refractivity contribution in [1.29, 1.82) is 0 Å². The summed E-state index contributed by atoms with van der Waals surface area (Å²) in [7, 11) is 0. The second-order valence-electron chi connectivity index (χ2n) is 4.61. The fraction of sp³-hybridized carbons (Fsp3) is 0. The van der Waals surface area contributed by atoms with Crippen LogP contribution >= 0.6 is 22.9 Å². The van der Waals surface area contributed by atoms with E-state index in [4.69, 9.17) is 11.6 Å². The SMILES string of the molecule is O=C(NN=Cc1sc(Nc2ccccc2)nc1Cl)c1cccnc1. The summed E-state index contributed by atoms with van der Waals surface area (Å²) in [4.78, 5) is 20.6. The molecule has 3 aromatic rings. The molecule has 2 N–H and O–H groups in total. The molecule has 0 radical (unpaired) electrons. The van der Waals surface area contributed by atoms with E-state index >= 15 is 0 Å². The zero-order chi connectivity index (χ0) is 16.8. The molecule has 24 heavy (non-hydrogen) atoms. The second kappa shape index (κ2) is 7.67. The number of carbonyl (C=O) groups is 1. The zero-order valence-electron chi connectivity index (χ0n) is 12.3. The molecule has 0 fully saturated rings. The summed E-state index contributed by atoms with van der Waals surface area (Å²) >= 11 is 7.42. The molecule has 0 unspecified atom stereocenters. The van der Waals surface area contributed by atoms with Crippen molar-refractivity contribution in [3.05, 3.63) is 70.5 Å². The fourth-order valence-electron chi connectivity index (χ4n) is 1.80. The van der Waals surface area contributed by atoms with E-state index < -0.39 is 0 Å². The normalized spacial score (nSPS) is 10.7. The van der Waals surface area contributed by atoms with Crippen molar-refractivity contribution < 1.29 is 4.79 Å². The minimum Gasteiger partial charge on any atom is -0.331 e. The first-order valence-corrected chi connectivity index (χ1v) is 8.13. The van der Waals surface area contributed by atoms with Gasteiger partial charge in [0, 0.05) is 18.1 Å². The highest BCUT2D eigenvalue weighted by atomic mass is 35.5. The largest absolute Gasteiger partial charge is 0.331 e. The summed E-state index contributed by atoms with van der Waals surface area (Å²) in [6.45, 7) is 0. The number of hydrazone groups is 1. The van der Waals surface area contributed by atoms with Crippen molar-refractivity contribution in [2.75, 3.05) is 5.32 Å². The lowest BCUT2D eigenvalue weighted by molar-refractivity contribution is 0.0955. The molecule has 3 rings (SSSR count). The molecule has 0 saturated carbocycles. The molecular weight excluding hydrogens is 346 g/mol. The lowest BCUT2D eigenvalue weighted by Gasteiger charge is -2.00. The van der Waals surface area contributed by atoms with Gasteiger partial charge in [0.15, 0.2) is 10.3 Å². The number of hydrogen-bond acceptors (Lipinski definition) is 6. The highest BCUT2D eigenvalue weighted by Gasteiger charge is 2.08. The summed E-state index contributed by atoms with van der Waals surface area (Å²) in [6, 6.07) is 13.0. The Labute approximate surface area is 147 Å². The van der Waals surface area contributed by atoms with Gasteiger partial charge in [-0.2, -0.15) is 5.10 Å². The molecule has 0 bridgehead atoms. The van der Waals surface area contributed by atoms with E-state index in [9.17, 15) is 4.79 Å². The molecule has 0 aliphatic carbocycles. The number of pyridine rings is 1. The zero-order valence-corrected chi connectivity index (χ0v) is 13.9. The van der Waals surface area contributed by atoms with Gasteiger partial charge >= 0.3 is 0 Å². The van der Waals surface area contributed by atoms with Crippen molar-refractivity contribution in [1.82, 2.24) is 15.4 Å². The number of thiazole rings is 1. The van der Waals surface area contributed by atoms with Gasteiger partial charge in [-0.1, -0.05) is 41.1 Å². The van der Waals surface area contributed by atoms with Gasteiger partial charge in [-0.3, -0.25) is 9.78 Å². The van der Waals surface area contributed by atoms with Gasteiger partial charge < -0.3 is 5.32 Å². The van der Waals surface area contributed by atoms with Crippen LogP contribution in [0.25, 0.3) is 0 Å². The van der Waals surface area contributed by atoms with Crippen molar-refractivity contribution in [2.24, 2.45) is 5.10 Å². The maximum atomic E-state index is 11.8. The Kier molecular flexibility index (Phi) is 5.15. The lowest BCUT2D eigenvalue weighted by Crippen LogP contribution is -2.17. The van der Waals surface area contributed by atoms with E-state index in [0.717, 1.165) is 5.69 Å². The maximum Gasteiger partial charge on any atom is 0.272 e. The topological polar surface area (TPSA) is 79.3 Å². The number of benzene rings is 1. The van der Waals surface area contributed by atoms with Crippen LogP contribution in [0.3, 0.4) is 0 Å². The molecule has 0 aliphatic heterocycles. The van der Waals surface area contributed by atoms with Gasteiger partial charge in [0.1, 0.15) is 0 Å².